The third-order valence-corrected chi connectivity index (χ3v) is 5.45. The van der Waals surface area contributed by atoms with Crippen LogP contribution in [0.25, 0.3) is 0 Å². The van der Waals surface area contributed by atoms with Crippen LogP contribution in [0.15, 0.2) is 47.4 Å². The van der Waals surface area contributed by atoms with Gasteiger partial charge in [-0.3, -0.25) is 14.3 Å². The maximum Gasteiger partial charge on any atom is 0.416 e. The fraction of sp³-hybridized carbons (Fsp3) is 0.263. The minimum Gasteiger partial charge on any atom is -0.356 e. The molecule has 0 aliphatic carbocycles. The van der Waals surface area contributed by atoms with Crippen molar-refractivity contribution in [1.29, 1.82) is 0 Å². The van der Waals surface area contributed by atoms with Gasteiger partial charge in [0, 0.05) is 31.3 Å². The maximum absolute atomic E-state index is 12.9. The number of benzene rings is 2. The van der Waals surface area contributed by atoms with Crippen LogP contribution in [-0.4, -0.2) is 26.8 Å². The zero-order chi connectivity index (χ0) is 22.5. The van der Waals surface area contributed by atoms with Gasteiger partial charge in [0.25, 0.3) is 10.0 Å². The number of hydrogen-bond donors (Lipinski definition) is 3. The highest BCUT2D eigenvalue weighted by molar-refractivity contribution is 7.92. The molecule has 0 aliphatic rings. The van der Waals surface area contributed by atoms with Gasteiger partial charge in [-0.2, -0.15) is 13.2 Å². The molecule has 2 aromatic rings. The molecular weight excluding hydrogens is 423 g/mol. The second-order valence-corrected chi connectivity index (χ2v) is 8.10. The molecule has 0 aliphatic heterocycles. The molecule has 30 heavy (non-hydrogen) atoms. The quantitative estimate of drug-likeness (QED) is 0.611. The van der Waals surface area contributed by atoms with Gasteiger partial charge >= 0.3 is 6.18 Å². The largest absolute Gasteiger partial charge is 0.416 e. The molecule has 0 saturated heterocycles. The van der Waals surface area contributed by atoms with Crippen LogP contribution in [0.1, 0.15) is 24.5 Å². The van der Waals surface area contributed by atoms with Crippen molar-refractivity contribution in [2.24, 2.45) is 0 Å². The average Bonchev–Trinajstić information content (AvgIpc) is 2.62. The van der Waals surface area contributed by atoms with Gasteiger partial charge in [0.1, 0.15) is 0 Å². The third kappa shape index (κ3) is 6.48. The summed E-state index contributed by atoms with van der Waals surface area (Å²) in [7, 11) is -4.22. The Morgan fingerprint density at radius 1 is 1.03 bits per heavy atom. The van der Waals surface area contributed by atoms with E-state index < -0.39 is 27.7 Å². The molecule has 0 aromatic heterocycles. The summed E-state index contributed by atoms with van der Waals surface area (Å²) in [6.07, 6.45) is -4.63. The van der Waals surface area contributed by atoms with E-state index in [1.807, 2.05) is 0 Å². The number of nitrogens with one attached hydrogen (secondary N) is 3. The van der Waals surface area contributed by atoms with Crippen LogP contribution >= 0.6 is 0 Å². The van der Waals surface area contributed by atoms with Gasteiger partial charge in [0.15, 0.2) is 0 Å². The Labute approximate surface area is 171 Å². The van der Waals surface area contributed by atoms with E-state index in [1.165, 1.54) is 38.1 Å². The Hall–Kier alpha value is -3.08. The predicted octanol–water partition coefficient (Wildman–Crippen LogP) is 3.28. The lowest BCUT2D eigenvalue weighted by molar-refractivity contribution is -0.137. The summed E-state index contributed by atoms with van der Waals surface area (Å²) in [5, 5.41) is 4.98. The van der Waals surface area contributed by atoms with Crippen molar-refractivity contribution in [3.63, 3.8) is 0 Å². The Morgan fingerprint density at radius 3 is 2.37 bits per heavy atom. The van der Waals surface area contributed by atoms with Crippen molar-refractivity contribution in [3.8, 4) is 0 Å². The Balaban J connectivity index is 2.20. The molecule has 0 unspecified atom stereocenters. The summed E-state index contributed by atoms with van der Waals surface area (Å²) in [6.45, 7) is 2.95. The number of hydrogen-bond acceptors (Lipinski definition) is 4. The van der Waals surface area contributed by atoms with Gasteiger partial charge in [-0.05, 0) is 42.8 Å². The van der Waals surface area contributed by atoms with E-state index in [0.29, 0.717) is 11.6 Å². The van der Waals surface area contributed by atoms with Gasteiger partial charge in [-0.25, -0.2) is 8.42 Å². The van der Waals surface area contributed by atoms with E-state index in [4.69, 9.17) is 0 Å². The van der Waals surface area contributed by atoms with Crippen LogP contribution < -0.4 is 15.4 Å². The molecule has 0 bridgehead atoms. The van der Waals surface area contributed by atoms with Crippen molar-refractivity contribution in [3.05, 3.63) is 53.6 Å². The van der Waals surface area contributed by atoms with E-state index in [9.17, 15) is 31.2 Å². The molecule has 2 rings (SSSR count). The summed E-state index contributed by atoms with van der Waals surface area (Å²) >= 11 is 0. The average molecular weight is 443 g/mol. The van der Waals surface area contributed by atoms with Crippen molar-refractivity contribution < 1.29 is 31.2 Å². The molecule has 7 nitrogen and oxygen atoms in total. The van der Waals surface area contributed by atoms with Crippen molar-refractivity contribution >= 4 is 33.2 Å². The SMILES string of the molecule is CC(=O)NCCC(=O)Nc1ccc(C)c(S(=O)(=O)Nc2cccc(C(F)(F)F)c2)c1. The van der Waals surface area contributed by atoms with Crippen LogP contribution in [0.2, 0.25) is 0 Å². The number of alkyl halides is 3. The summed E-state index contributed by atoms with van der Waals surface area (Å²) in [4.78, 5) is 22.6. The van der Waals surface area contributed by atoms with Crippen molar-refractivity contribution in [2.75, 3.05) is 16.6 Å². The van der Waals surface area contributed by atoms with Crippen LogP contribution in [0.4, 0.5) is 24.5 Å². The lowest BCUT2D eigenvalue weighted by Crippen LogP contribution is -2.25. The van der Waals surface area contributed by atoms with E-state index >= 15 is 0 Å². The zero-order valence-corrected chi connectivity index (χ0v) is 16.9. The molecule has 11 heteroatoms. The van der Waals surface area contributed by atoms with Gasteiger partial charge < -0.3 is 10.6 Å². The molecular formula is C19H20F3N3O4S. The van der Waals surface area contributed by atoms with Crippen LogP contribution in [-0.2, 0) is 25.8 Å². The predicted molar refractivity (Wildman–Crippen MR) is 105 cm³/mol. The van der Waals surface area contributed by atoms with E-state index in [0.717, 1.165) is 12.1 Å². The van der Waals surface area contributed by atoms with Crippen molar-refractivity contribution in [1.82, 2.24) is 5.32 Å². The number of halogens is 3. The molecule has 0 heterocycles. The first kappa shape index (κ1) is 23.2. The van der Waals surface area contributed by atoms with Crippen LogP contribution in [0, 0.1) is 6.92 Å². The molecule has 0 radical (unpaired) electrons. The number of amides is 2. The second kappa shape index (κ2) is 9.16. The number of rotatable bonds is 7. The van der Waals surface area contributed by atoms with Gasteiger partial charge in [-0.1, -0.05) is 12.1 Å². The molecule has 162 valence electrons. The van der Waals surface area contributed by atoms with Gasteiger partial charge in [0.05, 0.1) is 10.5 Å². The fourth-order valence-corrected chi connectivity index (χ4v) is 3.83. The first-order chi connectivity index (χ1) is 13.9. The Morgan fingerprint density at radius 2 is 1.73 bits per heavy atom. The fourth-order valence-electron chi connectivity index (χ4n) is 2.51. The van der Waals surface area contributed by atoms with Crippen molar-refractivity contribution in [2.45, 2.75) is 31.3 Å². The standard InChI is InChI=1S/C19H20F3N3O4S/c1-12-6-7-15(24-18(27)8-9-23-13(2)26)11-17(12)30(28,29)25-16-5-3-4-14(10-16)19(20,21)22/h3-7,10-11,25H,8-9H2,1-2H3,(H,23,26)(H,24,27). The molecule has 0 saturated carbocycles. The monoisotopic (exact) mass is 443 g/mol. The van der Waals surface area contributed by atoms with Crippen LogP contribution in [0.3, 0.4) is 0 Å². The van der Waals surface area contributed by atoms with E-state index in [-0.39, 0.29) is 35.1 Å². The molecule has 0 atom stereocenters. The summed E-state index contributed by atoms with van der Waals surface area (Å²) in [5.41, 5.74) is -0.697. The molecule has 2 amide bonds. The lowest BCUT2D eigenvalue weighted by Gasteiger charge is -2.14. The lowest BCUT2D eigenvalue weighted by atomic mass is 10.2. The second-order valence-electron chi connectivity index (χ2n) is 6.45. The minimum atomic E-state index is -4.61. The molecule has 0 fully saturated rings. The topological polar surface area (TPSA) is 104 Å². The number of aryl methyl sites for hydroxylation is 1. The van der Waals surface area contributed by atoms with Gasteiger partial charge in [-0.15, -0.1) is 0 Å². The first-order valence-corrected chi connectivity index (χ1v) is 10.2. The van der Waals surface area contributed by atoms with Gasteiger partial charge in [0.2, 0.25) is 11.8 Å². The van der Waals surface area contributed by atoms with E-state index in [1.54, 1.807) is 0 Å². The molecule has 0 spiro atoms. The van der Waals surface area contributed by atoms with E-state index in [2.05, 4.69) is 15.4 Å². The van der Waals surface area contributed by atoms with Crippen LogP contribution in [0.5, 0.6) is 0 Å². The Bertz CT molecular complexity index is 1050. The highest BCUT2D eigenvalue weighted by Crippen LogP contribution is 2.31. The zero-order valence-electron chi connectivity index (χ0n) is 16.1. The minimum absolute atomic E-state index is 0.0158. The number of anilines is 2. The Kier molecular flexibility index (Phi) is 7.08. The number of carbonyl (C=O) groups excluding carboxylic acids is 2. The smallest absolute Gasteiger partial charge is 0.356 e. The maximum atomic E-state index is 12.9. The number of sulfonamides is 1. The summed E-state index contributed by atoms with van der Waals surface area (Å²) < 4.78 is 66.1. The summed E-state index contributed by atoms with van der Waals surface area (Å²) in [5.74, 6) is -0.728. The summed E-state index contributed by atoms with van der Waals surface area (Å²) in [6, 6.07) is 8.00. The molecule has 2 aromatic carbocycles. The third-order valence-electron chi connectivity index (χ3n) is 3.93. The highest BCUT2D eigenvalue weighted by atomic mass is 32.2. The first-order valence-electron chi connectivity index (χ1n) is 8.73. The number of carbonyl (C=O) groups is 2. The highest BCUT2D eigenvalue weighted by Gasteiger charge is 2.31. The normalized spacial score (nSPS) is 11.6. The molecule has 3 N–H and O–H groups in total.